The van der Waals surface area contributed by atoms with E-state index in [-0.39, 0.29) is 0 Å². The number of halogens is 1. The van der Waals surface area contributed by atoms with Gasteiger partial charge in [0.25, 0.3) is 0 Å². The Bertz CT molecular complexity index is 163. The first-order chi connectivity index (χ1) is 6.35. The van der Waals surface area contributed by atoms with Gasteiger partial charge in [0.05, 0.1) is 11.7 Å². The number of ether oxygens (including phenoxy) is 1. The van der Waals surface area contributed by atoms with Crippen LogP contribution in [0.1, 0.15) is 51.4 Å². The molecule has 2 rings (SSSR count). The lowest BCUT2D eigenvalue weighted by molar-refractivity contribution is -0.0388. The number of hydrogen-bond donors (Lipinski definition) is 0. The van der Waals surface area contributed by atoms with Crippen molar-refractivity contribution in [1.82, 2.24) is 0 Å². The fraction of sp³-hybridized carbons (Fsp3) is 1.00. The molecule has 1 nitrogen and oxygen atoms in total. The summed E-state index contributed by atoms with van der Waals surface area (Å²) in [5.74, 6) is 0.785. The molecular formula is C11H19ClO. The van der Waals surface area contributed by atoms with E-state index in [1.54, 1.807) is 0 Å². The van der Waals surface area contributed by atoms with Crippen LogP contribution in [0.2, 0.25) is 0 Å². The number of alkyl halides is 1. The molecule has 2 aliphatic rings. The summed E-state index contributed by atoms with van der Waals surface area (Å²) < 4.78 is 6.15. The molecular weight excluding hydrogens is 184 g/mol. The maximum atomic E-state index is 6.15. The molecule has 2 heteroatoms. The van der Waals surface area contributed by atoms with E-state index in [0.717, 1.165) is 12.3 Å². The van der Waals surface area contributed by atoms with Gasteiger partial charge in [-0.3, -0.25) is 0 Å². The molecule has 1 saturated heterocycles. The van der Waals surface area contributed by atoms with Crippen LogP contribution >= 0.6 is 11.6 Å². The van der Waals surface area contributed by atoms with Crippen LogP contribution in [0.3, 0.4) is 0 Å². The average molecular weight is 203 g/mol. The Morgan fingerprint density at radius 2 is 2.00 bits per heavy atom. The fourth-order valence-electron chi connectivity index (χ4n) is 2.79. The molecule has 0 N–H and O–H groups in total. The minimum atomic E-state index is 0.316. The van der Waals surface area contributed by atoms with Gasteiger partial charge in [0.15, 0.2) is 0 Å². The average Bonchev–Trinajstić information content (AvgIpc) is 2.74. The van der Waals surface area contributed by atoms with Gasteiger partial charge in [-0.15, -0.1) is 11.6 Å². The van der Waals surface area contributed by atoms with Crippen molar-refractivity contribution in [3.05, 3.63) is 0 Å². The zero-order chi connectivity index (χ0) is 9.15. The Kier molecular flexibility index (Phi) is 3.15. The van der Waals surface area contributed by atoms with Crippen LogP contribution in [0.15, 0.2) is 0 Å². The van der Waals surface area contributed by atoms with Crippen LogP contribution in [0, 0.1) is 0 Å². The fourth-order valence-corrected chi connectivity index (χ4v) is 2.95. The molecule has 0 radical (unpaired) electrons. The van der Waals surface area contributed by atoms with Gasteiger partial charge in [0, 0.05) is 5.88 Å². The predicted octanol–water partition coefficient (Wildman–Crippen LogP) is 3.50. The van der Waals surface area contributed by atoms with E-state index in [1.165, 1.54) is 44.9 Å². The minimum Gasteiger partial charge on any atom is -0.372 e. The number of rotatable bonds is 3. The lowest BCUT2D eigenvalue weighted by Crippen LogP contribution is -2.24. The molecule has 0 aromatic rings. The van der Waals surface area contributed by atoms with E-state index >= 15 is 0 Å². The van der Waals surface area contributed by atoms with Crippen molar-refractivity contribution in [3.8, 4) is 0 Å². The van der Waals surface area contributed by atoms with Crippen molar-refractivity contribution in [2.24, 2.45) is 0 Å². The summed E-state index contributed by atoms with van der Waals surface area (Å²) in [5, 5.41) is 0. The highest BCUT2D eigenvalue weighted by Crippen LogP contribution is 2.44. The Balaban J connectivity index is 1.79. The normalized spacial score (nSPS) is 31.6. The molecule has 0 aromatic heterocycles. The van der Waals surface area contributed by atoms with Crippen molar-refractivity contribution in [3.63, 3.8) is 0 Å². The summed E-state index contributed by atoms with van der Waals surface area (Å²) in [6.45, 7) is 0. The highest BCUT2D eigenvalue weighted by molar-refractivity contribution is 6.17. The molecule has 1 unspecified atom stereocenters. The van der Waals surface area contributed by atoms with Crippen molar-refractivity contribution in [2.75, 3.05) is 5.88 Å². The first-order valence-corrected chi connectivity index (χ1v) is 6.12. The molecule has 1 aliphatic heterocycles. The van der Waals surface area contributed by atoms with E-state index in [4.69, 9.17) is 16.3 Å². The van der Waals surface area contributed by atoms with Crippen molar-refractivity contribution in [2.45, 2.75) is 63.1 Å². The lowest BCUT2D eigenvalue weighted by atomic mass is 9.98. The first-order valence-electron chi connectivity index (χ1n) is 5.58. The van der Waals surface area contributed by atoms with Gasteiger partial charge in [0.2, 0.25) is 0 Å². The number of hydrogen-bond acceptors (Lipinski definition) is 1. The summed E-state index contributed by atoms with van der Waals surface area (Å²) in [4.78, 5) is 0. The molecule has 1 atom stereocenters. The topological polar surface area (TPSA) is 9.23 Å². The largest absolute Gasteiger partial charge is 0.372 e. The van der Waals surface area contributed by atoms with Crippen molar-refractivity contribution < 1.29 is 4.74 Å². The molecule has 1 saturated carbocycles. The highest BCUT2D eigenvalue weighted by Gasteiger charge is 2.41. The molecule has 1 spiro atoms. The molecule has 2 fully saturated rings. The second-order valence-corrected chi connectivity index (χ2v) is 4.88. The molecule has 0 bridgehead atoms. The van der Waals surface area contributed by atoms with Gasteiger partial charge in [0.1, 0.15) is 0 Å². The molecule has 1 aliphatic carbocycles. The third-order valence-electron chi connectivity index (χ3n) is 3.51. The third-order valence-corrected chi connectivity index (χ3v) is 3.78. The maximum absolute atomic E-state index is 6.15. The van der Waals surface area contributed by atoms with E-state index in [9.17, 15) is 0 Å². The zero-order valence-corrected chi connectivity index (χ0v) is 8.98. The van der Waals surface area contributed by atoms with E-state index < -0.39 is 0 Å². The first kappa shape index (κ1) is 9.79. The van der Waals surface area contributed by atoms with Crippen LogP contribution < -0.4 is 0 Å². The van der Waals surface area contributed by atoms with Crippen LogP contribution in [-0.2, 0) is 4.74 Å². The van der Waals surface area contributed by atoms with Crippen LogP contribution in [0.5, 0.6) is 0 Å². The predicted molar refractivity (Wildman–Crippen MR) is 55.3 cm³/mol. The standard InChI is InChI=1S/C11H19ClO/c12-9-3-4-10-5-8-11(13-10)6-1-2-7-11/h10H,1-9H2. The Hall–Kier alpha value is 0.250. The second kappa shape index (κ2) is 4.18. The highest BCUT2D eigenvalue weighted by atomic mass is 35.5. The van der Waals surface area contributed by atoms with E-state index in [2.05, 4.69) is 0 Å². The summed E-state index contributed by atoms with van der Waals surface area (Å²) in [6, 6.07) is 0. The second-order valence-electron chi connectivity index (χ2n) is 4.50. The van der Waals surface area contributed by atoms with Crippen LogP contribution in [-0.4, -0.2) is 17.6 Å². The van der Waals surface area contributed by atoms with Gasteiger partial charge < -0.3 is 4.74 Å². The summed E-state index contributed by atoms with van der Waals surface area (Å²) in [6.07, 6.45) is 10.8. The van der Waals surface area contributed by atoms with Crippen LogP contribution in [0.25, 0.3) is 0 Å². The Labute approximate surface area is 85.8 Å². The maximum Gasteiger partial charge on any atom is 0.0687 e. The third kappa shape index (κ3) is 2.19. The molecule has 13 heavy (non-hydrogen) atoms. The van der Waals surface area contributed by atoms with Crippen molar-refractivity contribution in [1.29, 1.82) is 0 Å². The molecule has 0 amide bonds. The van der Waals surface area contributed by atoms with Crippen molar-refractivity contribution >= 4 is 11.6 Å². The SMILES string of the molecule is ClCCCC1CCC2(CCCC2)O1. The van der Waals surface area contributed by atoms with Gasteiger partial charge >= 0.3 is 0 Å². The Morgan fingerprint density at radius 1 is 1.23 bits per heavy atom. The molecule has 1 heterocycles. The van der Waals surface area contributed by atoms with Gasteiger partial charge in [-0.05, 0) is 38.5 Å². The minimum absolute atomic E-state index is 0.316. The quantitative estimate of drug-likeness (QED) is 0.637. The van der Waals surface area contributed by atoms with Crippen LogP contribution in [0.4, 0.5) is 0 Å². The molecule has 76 valence electrons. The monoisotopic (exact) mass is 202 g/mol. The molecule has 0 aromatic carbocycles. The van der Waals surface area contributed by atoms with Gasteiger partial charge in [-0.2, -0.15) is 0 Å². The van der Waals surface area contributed by atoms with Gasteiger partial charge in [-0.25, -0.2) is 0 Å². The zero-order valence-electron chi connectivity index (χ0n) is 8.23. The van der Waals surface area contributed by atoms with Gasteiger partial charge in [-0.1, -0.05) is 12.8 Å². The smallest absolute Gasteiger partial charge is 0.0687 e. The summed E-state index contributed by atoms with van der Waals surface area (Å²) in [7, 11) is 0. The lowest BCUT2D eigenvalue weighted by Gasteiger charge is -2.23. The Morgan fingerprint density at radius 3 is 2.69 bits per heavy atom. The van der Waals surface area contributed by atoms with E-state index in [1.807, 2.05) is 0 Å². The summed E-state index contributed by atoms with van der Waals surface area (Å²) in [5.41, 5.74) is 0.316. The summed E-state index contributed by atoms with van der Waals surface area (Å²) >= 11 is 5.68. The van der Waals surface area contributed by atoms with E-state index in [0.29, 0.717) is 11.7 Å².